The second kappa shape index (κ2) is 10.5. The summed E-state index contributed by atoms with van der Waals surface area (Å²) in [6.45, 7) is 0.619. The molecule has 2 rings (SSSR count). The van der Waals surface area contributed by atoms with Gasteiger partial charge in [0.15, 0.2) is 6.61 Å². The quantitative estimate of drug-likeness (QED) is 0.616. The lowest BCUT2D eigenvalue weighted by Crippen LogP contribution is -2.37. The molecular formula is C20H20FN3O5. The molecule has 2 aromatic rings. The van der Waals surface area contributed by atoms with Gasteiger partial charge in [0.25, 0.3) is 5.91 Å². The first kappa shape index (κ1) is 21.5. The van der Waals surface area contributed by atoms with E-state index in [1.165, 1.54) is 25.1 Å². The number of imide groups is 1. The SMILES string of the molecule is CC(=O)N[C@@H](CC(=O)OCC(=O)NC(=O)Nc1ccccc1F)c1ccccc1. The van der Waals surface area contributed by atoms with Crippen molar-refractivity contribution < 1.29 is 28.3 Å². The highest BCUT2D eigenvalue weighted by atomic mass is 19.1. The molecule has 0 saturated carbocycles. The summed E-state index contributed by atoms with van der Waals surface area (Å²) in [5.41, 5.74) is 0.601. The van der Waals surface area contributed by atoms with Crippen LogP contribution in [0.2, 0.25) is 0 Å². The molecule has 0 radical (unpaired) electrons. The van der Waals surface area contributed by atoms with Crippen LogP contribution in [0.3, 0.4) is 0 Å². The Morgan fingerprint density at radius 1 is 1.00 bits per heavy atom. The summed E-state index contributed by atoms with van der Waals surface area (Å²) in [6.07, 6.45) is -0.196. The number of esters is 1. The van der Waals surface area contributed by atoms with E-state index in [1.54, 1.807) is 30.3 Å². The number of para-hydroxylation sites is 1. The maximum Gasteiger partial charge on any atom is 0.326 e. The number of nitrogens with one attached hydrogen (secondary N) is 3. The highest BCUT2D eigenvalue weighted by Crippen LogP contribution is 2.17. The van der Waals surface area contributed by atoms with Crippen molar-refractivity contribution in [3.05, 3.63) is 66.0 Å². The fourth-order valence-corrected chi connectivity index (χ4v) is 2.43. The zero-order valence-corrected chi connectivity index (χ0v) is 15.6. The Labute approximate surface area is 166 Å². The first-order valence-electron chi connectivity index (χ1n) is 8.68. The van der Waals surface area contributed by atoms with Crippen LogP contribution in [0.15, 0.2) is 54.6 Å². The summed E-state index contributed by atoms with van der Waals surface area (Å²) in [7, 11) is 0. The number of hydrogen-bond donors (Lipinski definition) is 3. The molecule has 29 heavy (non-hydrogen) atoms. The molecule has 0 bridgehead atoms. The topological polar surface area (TPSA) is 114 Å². The molecule has 0 aliphatic rings. The fourth-order valence-electron chi connectivity index (χ4n) is 2.43. The Bertz CT molecular complexity index is 889. The monoisotopic (exact) mass is 401 g/mol. The molecule has 0 aliphatic carbocycles. The normalized spacial score (nSPS) is 11.1. The average molecular weight is 401 g/mol. The molecule has 1 atom stereocenters. The molecule has 9 heteroatoms. The minimum Gasteiger partial charge on any atom is -0.455 e. The number of urea groups is 1. The summed E-state index contributed by atoms with van der Waals surface area (Å²) < 4.78 is 18.3. The van der Waals surface area contributed by atoms with Crippen molar-refractivity contribution in [1.82, 2.24) is 10.6 Å². The van der Waals surface area contributed by atoms with Crippen LogP contribution < -0.4 is 16.0 Å². The van der Waals surface area contributed by atoms with E-state index in [9.17, 15) is 23.6 Å². The van der Waals surface area contributed by atoms with Crippen LogP contribution in [0.4, 0.5) is 14.9 Å². The molecule has 0 spiro atoms. The van der Waals surface area contributed by atoms with E-state index >= 15 is 0 Å². The van der Waals surface area contributed by atoms with Crippen molar-refractivity contribution in [2.24, 2.45) is 0 Å². The van der Waals surface area contributed by atoms with Gasteiger partial charge in [-0.2, -0.15) is 0 Å². The van der Waals surface area contributed by atoms with E-state index in [-0.39, 0.29) is 18.0 Å². The summed E-state index contributed by atoms with van der Waals surface area (Å²) in [6, 6.07) is 12.7. The van der Waals surface area contributed by atoms with Crippen molar-refractivity contribution in [1.29, 1.82) is 0 Å². The van der Waals surface area contributed by atoms with Crippen molar-refractivity contribution >= 4 is 29.5 Å². The molecular weight excluding hydrogens is 381 g/mol. The number of amides is 4. The summed E-state index contributed by atoms with van der Waals surface area (Å²) in [5, 5.41) is 6.74. The number of carbonyl (C=O) groups is 4. The lowest BCUT2D eigenvalue weighted by molar-refractivity contribution is -0.148. The fraction of sp³-hybridized carbons (Fsp3) is 0.200. The predicted molar refractivity (Wildman–Crippen MR) is 102 cm³/mol. The van der Waals surface area contributed by atoms with Crippen LogP contribution in [0, 0.1) is 5.82 Å². The molecule has 0 saturated heterocycles. The highest BCUT2D eigenvalue weighted by Gasteiger charge is 2.19. The average Bonchev–Trinajstić information content (AvgIpc) is 2.68. The number of carbonyl (C=O) groups excluding carboxylic acids is 4. The molecule has 0 unspecified atom stereocenters. The van der Waals surface area contributed by atoms with Crippen LogP contribution in [0.1, 0.15) is 24.9 Å². The van der Waals surface area contributed by atoms with Gasteiger partial charge in [-0.15, -0.1) is 0 Å². The van der Waals surface area contributed by atoms with Gasteiger partial charge in [-0.05, 0) is 17.7 Å². The Kier molecular flexibility index (Phi) is 7.84. The third-order valence-electron chi connectivity index (χ3n) is 3.69. The van der Waals surface area contributed by atoms with E-state index in [0.29, 0.717) is 5.56 Å². The van der Waals surface area contributed by atoms with E-state index in [1.807, 2.05) is 5.32 Å². The van der Waals surface area contributed by atoms with Crippen LogP contribution in [0.5, 0.6) is 0 Å². The third-order valence-corrected chi connectivity index (χ3v) is 3.69. The summed E-state index contributed by atoms with van der Waals surface area (Å²) in [5.74, 6) is -2.61. The Balaban J connectivity index is 1.82. The van der Waals surface area contributed by atoms with Gasteiger partial charge in [-0.3, -0.25) is 19.7 Å². The van der Waals surface area contributed by atoms with Gasteiger partial charge in [0, 0.05) is 6.92 Å². The second-order valence-electron chi connectivity index (χ2n) is 6.01. The van der Waals surface area contributed by atoms with E-state index in [2.05, 4.69) is 10.6 Å². The number of ether oxygens (including phenoxy) is 1. The molecule has 4 amide bonds. The number of anilines is 1. The number of hydrogen-bond acceptors (Lipinski definition) is 5. The van der Waals surface area contributed by atoms with Gasteiger partial charge < -0.3 is 15.4 Å². The second-order valence-corrected chi connectivity index (χ2v) is 6.01. The molecule has 3 N–H and O–H groups in total. The van der Waals surface area contributed by atoms with Gasteiger partial charge in [-0.25, -0.2) is 9.18 Å². The summed E-state index contributed by atoms with van der Waals surface area (Å²) in [4.78, 5) is 46.9. The van der Waals surface area contributed by atoms with Crippen LogP contribution in [-0.4, -0.2) is 30.4 Å². The number of benzene rings is 2. The Hall–Kier alpha value is -3.75. The van der Waals surface area contributed by atoms with Gasteiger partial charge in [-0.1, -0.05) is 42.5 Å². The molecule has 8 nitrogen and oxygen atoms in total. The van der Waals surface area contributed by atoms with Gasteiger partial charge in [0.1, 0.15) is 5.82 Å². The van der Waals surface area contributed by atoms with Gasteiger partial charge in [0.2, 0.25) is 5.91 Å². The maximum atomic E-state index is 13.5. The zero-order valence-electron chi connectivity index (χ0n) is 15.6. The van der Waals surface area contributed by atoms with E-state index < -0.39 is 36.4 Å². The first-order chi connectivity index (χ1) is 13.8. The molecule has 0 aromatic heterocycles. The molecule has 2 aromatic carbocycles. The predicted octanol–water partition coefficient (Wildman–Crippen LogP) is 2.28. The molecule has 0 heterocycles. The van der Waals surface area contributed by atoms with Gasteiger partial charge in [0.05, 0.1) is 18.2 Å². The Morgan fingerprint density at radius 2 is 1.66 bits per heavy atom. The van der Waals surface area contributed by atoms with Crippen molar-refractivity contribution in [2.45, 2.75) is 19.4 Å². The van der Waals surface area contributed by atoms with E-state index in [4.69, 9.17) is 4.74 Å². The van der Waals surface area contributed by atoms with Crippen molar-refractivity contribution in [3.63, 3.8) is 0 Å². The van der Waals surface area contributed by atoms with Crippen molar-refractivity contribution in [2.75, 3.05) is 11.9 Å². The smallest absolute Gasteiger partial charge is 0.326 e. The zero-order chi connectivity index (χ0) is 21.2. The third kappa shape index (κ3) is 7.41. The van der Waals surface area contributed by atoms with Crippen LogP contribution in [-0.2, 0) is 19.1 Å². The molecule has 0 aliphatic heterocycles. The highest BCUT2D eigenvalue weighted by molar-refractivity contribution is 6.01. The largest absolute Gasteiger partial charge is 0.455 e. The lowest BCUT2D eigenvalue weighted by Gasteiger charge is -2.17. The molecule has 0 fully saturated rings. The summed E-state index contributed by atoms with van der Waals surface area (Å²) >= 11 is 0. The standard InChI is InChI=1S/C20H20FN3O5/c1-13(25)22-17(14-7-3-2-4-8-14)11-19(27)29-12-18(26)24-20(28)23-16-10-6-5-9-15(16)21/h2-10,17H,11-12H2,1H3,(H,22,25)(H2,23,24,26,28)/t17-/m0/s1. The van der Waals surface area contributed by atoms with E-state index in [0.717, 1.165) is 6.07 Å². The number of rotatable bonds is 7. The number of halogens is 1. The maximum absolute atomic E-state index is 13.5. The van der Waals surface area contributed by atoms with Crippen molar-refractivity contribution in [3.8, 4) is 0 Å². The first-order valence-corrected chi connectivity index (χ1v) is 8.68. The van der Waals surface area contributed by atoms with Crippen LogP contribution in [0.25, 0.3) is 0 Å². The molecule has 152 valence electrons. The van der Waals surface area contributed by atoms with Gasteiger partial charge >= 0.3 is 12.0 Å². The minimum absolute atomic E-state index is 0.101. The lowest BCUT2D eigenvalue weighted by atomic mass is 10.0. The minimum atomic E-state index is -0.962. The van der Waals surface area contributed by atoms with Crippen LogP contribution >= 0.6 is 0 Å². The Morgan fingerprint density at radius 3 is 2.31 bits per heavy atom.